The summed E-state index contributed by atoms with van der Waals surface area (Å²) in [5, 5.41) is 1.06. The van der Waals surface area contributed by atoms with Gasteiger partial charge in [0.05, 0.1) is 17.9 Å². The minimum Gasteiger partial charge on any atom is -0.348 e. The molecule has 0 spiro atoms. The number of carbonyl (C=O) groups is 1. The molecule has 0 saturated heterocycles. The summed E-state index contributed by atoms with van der Waals surface area (Å²) < 4.78 is 0. The van der Waals surface area contributed by atoms with Gasteiger partial charge < -0.3 is 15.6 Å². The Balaban J connectivity index is 1.72. The van der Waals surface area contributed by atoms with Gasteiger partial charge in [-0.25, -0.2) is 4.98 Å². The fraction of sp³-hybridized carbons (Fsp3) is 0.235. The van der Waals surface area contributed by atoms with E-state index in [-0.39, 0.29) is 5.91 Å². The molecule has 2 heterocycles. The topological polar surface area (TPSA) is 87.9 Å². The van der Waals surface area contributed by atoms with Crippen molar-refractivity contribution in [3.05, 3.63) is 60.3 Å². The Hall–Kier alpha value is -2.73. The molecule has 0 unspecified atom stereocenters. The summed E-state index contributed by atoms with van der Waals surface area (Å²) in [6.45, 7) is 0.476. The zero-order valence-corrected chi connectivity index (χ0v) is 12.9. The van der Waals surface area contributed by atoms with E-state index in [2.05, 4.69) is 15.0 Å². The van der Waals surface area contributed by atoms with E-state index >= 15 is 0 Å². The third-order valence-electron chi connectivity index (χ3n) is 3.81. The fourth-order valence-electron chi connectivity index (χ4n) is 2.63. The van der Waals surface area contributed by atoms with Gasteiger partial charge in [0.25, 0.3) is 0 Å². The highest BCUT2D eigenvalue weighted by Gasteiger charge is 2.19. The molecule has 2 aromatic heterocycles. The predicted molar refractivity (Wildman–Crippen MR) is 88.5 cm³/mol. The number of amides is 1. The largest absolute Gasteiger partial charge is 0.348 e. The van der Waals surface area contributed by atoms with Crippen molar-refractivity contribution in [2.45, 2.75) is 19.0 Å². The standard InChI is InChI=1S/C17H19N5O/c1-22(17(23)15(18)8-14-9-19-11-21-14)10-13-5-2-4-12-6-3-7-20-16(12)13/h2-7,9,11,15H,8,10,18H2,1H3,(H,19,21)/t15-/m0/s1. The molecule has 0 fully saturated rings. The summed E-state index contributed by atoms with van der Waals surface area (Å²) in [7, 11) is 1.76. The monoisotopic (exact) mass is 309 g/mol. The Morgan fingerprint density at radius 2 is 2.17 bits per heavy atom. The summed E-state index contributed by atoms with van der Waals surface area (Å²) in [6.07, 6.45) is 5.47. The summed E-state index contributed by atoms with van der Waals surface area (Å²) >= 11 is 0. The second-order valence-corrected chi connectivity index (χ2v) is 5.57. The van der Waals surface area contributed by atoms with Crippen molar-refractivity contribution in [2.75, 3.05) is 7.05 Å². The lowest BCUT2D eigenvalue weighted by Gasteiger charge is -2.21. The number of likely N-dealkylation sites (N-methyl/N-ethyl adjacent to an activating group) is 1. The molecule has 0 aliphatic carbocycles. The number of para-hydroxylation sites is 1. The molecule has 0 radical (unpaired) electrons. The van der Waals surface area contributed by atoms with Crippen LogP contribution in [0.25, 0.3) is 10.9 Å². The quantitative estimate of drug-likeness (QED) is 0.747. The minimum atomic E-state index is -0.594. The first-order valence-electron chi connectivity index (χ1n) is 7.45. The molecule has 0 saturated carbocycles. The highest BCUT2D eigenvalue weighted by Crippen LogP contribution is 2.17. The maximum atomic E-state index is 12.5. The van der Waals surface area contributed by atoms with Crippen molar-refractivity contribution < 1.29 is 4.79 Å². The Morgan fingerprint density at radius 1 is 1.35 bits per heavy atom. The number of nitrogens with one attached hydrogen (secondary N) is 1. The third kappa shape index (κ3) is 3.37. The lowest BCUT2D eigenvalue weighted by molar-refractivity contribution is -0.131. The van der Waals surface area contributed by atoms with E-state index in [0.29, 0.717) is 13.0 Å². The van der Waals surface area contributed by atoms with Crippen LogP contribution in [-0.2, 0) is 17.8 Å². The number of fused-ring (bicyclic) bond motifs is 1. The number of aromatic nitrogens is 3. The van der Waals surface area contributed by atoms with E-state index < -0.39 is 6.04 Å². The number of benzene rings is 1. The number of nitrogens with zero attached hydrogens (tertiary/aromatic N) is 3. The second-order valence-electron chi connectivity index (χ2n) is 5.57. The van der Waals surface area contributed by atoms with Crippen molar-refractivity contribution in [2.24, 2.45) is 5.73 Å². The van der Waals surface area contributed by atoms with Gasteiger partial charge in [-0.3, -0.25) is 9.78 Å². The highest BCUT2D eigenvalue weighted by molar-refractivity contribution is 5.84. The Bertz CT molecular complexity index is 794. The van der Waals surface area contributed by atoms with Gasteiger partial charge in [-0.2, -0.15) is 0 Å². The lowest BCUT2D eigenvalue weighted by atomic mass is 10.1. The molecule has 1 atom stereocenters. The van der Waals surface area contributed by atoms with Crippen molar-refractivity contribution in [1.29, 1.82) is 0 Å². The smallest absolute Gasteiger partial charge is 0.239 e. The van der Waals surface area contributed by atoms with Crippen LogP contribution in [0.2, 0.25) is 0 Å². The predicted octanol–water partition coefficient (Wildman–Crippen LogP) is 1.49. The van der Waals surface area contributed by atoms with Gasteiger partial charge in [-0.1, -0.05) is 24.3 Å². The summed E-state index contributed by atoms with van der Waals surface area (Å²) in [6, 6.07) is 9.29. The van der Waals surface area contributed by atoms with E-state index in [4.69, 9.17) is 5.73 Å². The Morgan fingerprint density at radius 3 is 2.96 bits per heavy atom. The Labute approximate surface area is 134 Å². The maximum absolute atomic E-state index is 12.5. The number of hydrogen-bond acceptors (Lipinski definition) is 4. The molecule has 1 aromatic carbocycles. The average Bonchev–Trinajstić information content (AvgIpc) is 3.07. The number of rotatable bonds is 5. The number of H-pyrrole nitrogens is 1. The van der Waals surface area contributed by atoms with E-state index in [1.54, 1.807) is 30.7 Å². The molecule has 118 valence electrons. The van der Waals surface area contributed by atoms with Gasteiger partial charge in [-0.05, 0) is 11.6 Å². The fourth-order valence-corrected chi connectivity index (χ4v) is 2.63. The van der Waals surface area contributed by atoms with E-state index in [1.165, 1.54) is 0 Å². The summed E-state index contributed by atoms with van der Waals surface area (Å²) in [4.78, 5) is 25.4. The van der Waals surface area contributed by atoms with Gasteiger partial charge in [-0.15, -0.1) is 0 Å². The van der Waals surface area contributed by atoms with Gasteiger partial charge in [0.1, 0.15) is 0 Å². The number of hydrogen-bond donors (Lipinski definition) is 2. The van der Waals surface area contributed by atoms with Crippen LogP contribution in [0.5, 0.6) is 0 Å². The van der Waals surface area contributed by atoms with Crippen molar-refractivity contribution >= 4 is 16.8 Å². The summed E-state index contributed by atoms with van der Waals surface area (Å²) in [5.41, 5.74) is 8.79. The molecular weight excluding hydrogens is 290 g/mol. The number of nitrogens with two attached hydrogens (primary N) is 1. The van der Waals surface area contributed by atoms with Crippen molar-refractivity contribution in [1.82, 2.24) is 19.9 Å². The molecule has 0 bridgehead atoms. The number of carbonyl (C=O) groups excluding carboxylic acids is 1. The molecule has 3 aromatic rings. The van der Waals surface area contributed by atoms with Gasteiger partial charge in [0.15, 0.2) is 0 Å². The van der Waals surface area contributed by atoms with E-state index in [9.17, 15) is 4.79 Å². The van der Waals surface area contributed by atoms with Gasteiger partial charge >= 0.3 is 0 Å². The van der Waals surface area contributed by atoms with Crippen LogP contribution in [0.1, 0.15) is 11.3 Å². The van der Waals surface area contributed by atoms with Crippen LogP contribution in [-0.4, -0.2) is 38.8 Å². The molecule has 0 aliphatic heterocycles. The highest BCUT2D eigenvalue weighted by atomic mass is 16.2. The average molecular weight is 309 g/mol. The van der Waals surface area contributed by atoms with Gasteiger partial charge in [0, 0.05) is 43.5 Å². The van der Waals surface area contributed by atoms with Crippen LogP contribution >= 0.6 is 0 Å². The van der Waals surface area contributed by atoms with Crippen LogP contribution in [0, 0.1) is 0 Å². The SMILES string of the molecule is CN(Cc1cccc2cccnc12)C(=O)[C@@H](N)Cc1cnc[nH]1. The summed E-state index contributed by atoms with van der Waals surface area (Å²) in [5.74, 6) is -0.104. The lowest BCUT2D eigenvalue weighted by Crippen LogP contribution is -2.42. The second kappa shape index (κ2) is 6.58. The van der Waals surface area contributed by atoms with Gasteiger partial charge in [0.2, 0.25) is 5.91 Å². The van der Waals surface area contributed by atoms with E-state index in [1.807, 2.05) is 30.3 Å². The molecule has 3 rings (SSSR count). The number of pyridine rings is 1. The normalized spacial score (nSPS) is 12.3. The Kier molecular flexibility index (Phi) is 4.34. The molecule has 6 nitrogen and oxygen atoms in total. The van der Waals surface area contributed by atoms with Crippen molar-refractivity contribution in [3.63, 3.8) is 0 Å². The van der Waals surface area contributed by atoms with E-state index in [0.717, 1.165) is 22.2 Å². The zero-order valence-electron chi connectivity index (χ0n) is 12.9. The van der Waals surface area contributed by atoms with Crippen LogP contribution in [0.4, 0.5) is 0 Å². The molecule has 1 amide bonds. The third-order valence-corrected chi connectivity index (χ3v) is 3.81. The van der Waals surface area contributed by atoms with Crippen LogP contribution in [0.3, 0.4) is 0 Å². The first-order valence-corrected chi connectivity index (χ1v) is 7.45. The number of aromatic amines is 1. The van der Waals surface area contributed by atoms with Crippen LogP contribution in [0.15, 0.2) is 49.1 Å². The molecule has 3 N–H and O–H groups in total. The minimum absolute atomic E-state index is 0.104. The van der Waals surface area contributed by atoms with Crippen LogP contribution < -0.4 is 5.73 Å². The number of imidazole rings is 1. The molecule has 23 heavy (non-hydrogen) atoms. The first-order chi connectivity index (χ1) is 11.1. The maximum Gasteiger partial charge on any atom is 0.239 e. The zero-order chi connectivity index (χ0) is 16.2. The molecule has 0 aliphatic rings. The first kappa shape index (κ1) is 15.2. The molecular formula is C17H19N5O. The van der Waals surface area contributed by atoms with Crippen molar-refractivity contribution in [3.8, 4) is 0 Å². The molecule has 6 heteroatoms.